The van der Waals surface area contributed by atoms with Gasteiger partial charge >= 0.3 is 0 Å². The molecule has 0 amide bonds. The van der Waals surface area contributed by atoms with Crippen molar-refractivity contribution in [2.24, 2.45) is 5.73 Å². The average Bonchev–Trinajstić information content (AvgIpc) is 2.71. The summed E-state index contributed by atoms with van der Waals surface area (Å²) in [7, 11) is 0. The van der Waals surface area contributed by atoms with Crippen LogP contribution in [-0.4, -0.2) is 23.2 Å². The maximum absolute atomic E-state index is 5.40. The van der Waals surface area contributed by atoms with E-state index in [1.54, 1.807) is 0 Å². The summed E-state index contributed by atoms with van der Waals surface area (Å²) in [5, 5.41) is 0. The van der Waals surface area contributed by atoms with Gasteiger partial charge in [0.2, 0.25) is 0 Å². The van der Waals surface area contributed by atoms with Gasteiger partial charge in [0, 0.05) is 24.9 Å². The predicted octanol–water partition coefficient (Wildman–Crippen LogP) is 0.861. The standard InChI is InChI=1S/C9H13N3O.ClH/c10-3-9-11-4-8(5-12-9)7-1-2-13-6-7;/h4-5,7H,1-3,6,10H2;1H. The first-order valence-electron chi connectivity index (χ1n) is 4.49. The lowest BCUT2D eigenvalue weighted by Crippen LogP contribution is -2.05. The van der Waals surface area contributed by atoms with E-state index >= 15 is 0 Å². The van der Waals surface area contributed by atoms with Gasteiger partial charge in [-0.15, -0.1) is 12.4 Å². The molecule has 0 spiro atoms. The summed E-state index contributed by atoms with van der Waals surface area (Å²) in [5.74, 6) is 1.18. The van der Waals surface area contributed by atoms with E-state index in [2.05, 4.69) is 9.97 Å². The second-order valence-electron chi connectivity index (χ2n) is 3.20. The van der Waals surface area contributed by atoms with Crippen molar-refractivity contribution in [3.63, 3.8) is 0 Å². The molecule has 2 N–H and O–H groups in total. The molecule has 1 aromatic rings. The van der Waals surface area contributed by atoms with E-state index < -0.39 is 0 Å². The Morgan fingerprint density at radius 1 is 1.43 bits per heavy atom. The third kappa shape index (κ3) is 2.41. The number of hydrogen-bond donors (Lipinski definition) is 1. The summed E-state index contributed by atoms with van der Waals surface area (Å²) in [6.45, 7) is 2.05. The van der Waals surface area contributed by atoms with Crippen molar-refractivity contribution in [2.75, 3.05) is 13.2 Å². The molecule has 2 heterocycles. The first-order chi connectivity index (χ1) is 6.40. The molecule has 0 bridgehead atoms. The molecular formula is C9H14ClN3O. The molecule has 1 fully saturated rings. The smallest absolute Gasteiger partial charge is 0.141 e. The second-order valence-corrected chi connectivity index (χ2v) is 3.20. The Morgan fingerprint density at radius 2 is 2.14 bits per heavy atom. The Bertz CT molecular complexity index is 272. The lowest BCUT2D eigenvalue weighted by atomic mass is 10.0. The molecule has 2 rings (SSSR count). The fraction of sp³-hybridized carbons (Fsp3) is 0.556. The highest BCUT2D eigenvalue weighted by molar-refractivity contribution is 5.85. The van der Waals surface area contributed by atoms with Crippen LogP contribution in [0.15, 0.2) is 12.4 Å². The Kier molecular flexibility index (Phi) is 4.25. The molecule has 1 aliphatic heterocycles. The lowest BCUT2D eigenvalue weighted by molar-refractivity contribution is 0.194. The van der Waals surface area contributed by atoms with Crippen LogP contribution in [0.1, 0.15) is 23.7 Å². The van der Waals surface area contributed by atoms with Gasteiger partial charge in [0.15, 0.2) is 0 Å². The summed E-state index contributed by atoms with van der Waals surface area (Å²) in [4.78, 5) is 8.30. The van der Waals surface area contributed by atoms with Gasteiger partial charge in [0.05, 0.1) is 13.2 Å². The number of nitrogens with zero attached hydrogens (tertiary/aromatic N) is 2. The molecule has 0 saturated carbocycles. The highest BCUT2D eigenvalue weighted by Gasteiger charge is 2.17. The van der Waals surface area contributed by atoms with Gasteiger partial charge in [0.25, 0.3) is 0 Å². The van der Waals surface area contributed by atoms with Crippen molar-refractivity contribution in [1.29, 1.82) is 0 Å². The van der Waals surface area contributed by atoms with E-state index in [0.29, 0.717) is 18.3 Å². The zero-order valence-corrected chi connectivity index (χ0v) is 8.67. The molecule has 14 heavy (non-hydrogen) atoms. The molecule has 0 radical (unpaired) electrons. The van der Waals surface area contributed by atoms with E-state index in [9.17, 15) is 0 Å². The topological polar surface area (TPSA) is 61.0 Å². The van der Waals surface area contributed by atoms with E-state index in [-0.39, 0.29) is 12.4 Å². The number of ether oxygens (including phenoxy) is 1. The Balaban J connectivity index is 0.000000980. The van der Waals surface area contributed by atoms with E-state index in [4.69, 9.17) is 10.5 Å². The van der Waals surface area contributed by atoms with E-state index in [1.165, 1.54) is 0 Å². The third-order valence-electron chi connectivity index (χ3n) is 2.31. The summed E-state index contributed by atoms with van der Waals surface area (Å²) in [6.07, 6.45) is 4.79. The monoisotopic (exact) mass is 215 g/mol. The van der Waals surface area contributed by atoms with Crippen LogP contribution in [-0.2, 0) is 11.3 Å². The van der Waals surface area contributed by atoms with Crippen molar-refractivity contribution in [3.8, 4) is 0 Å². The summed E-state index contributed by atoms with van der Waals surface area (Å²) in [6, 6.07) is 0. The number of hydrogen-bond acceptors (Lipinski definition) is 4. The molecule has 1 aliphatic rings. The molecule has 0 aromatic carbocycles. The van der Waals surface area contributed by atoms with Gasteiger partial charge in [-0.1, -0.05) is 0 Å². The van der Waals surface area contributed by atoms with Gasteiger partial charge in [0.1, 0.15) is 5.82 Å². The van der Waals surface area contributed by atoms with E-state index in [0.717, 1.165) is 25.2 Å². The van der Waals surface area contributed by atoms with Crippen LogP contribution < -0.4 is 5.73 Å². The molecule has 5 heteroatoms. The SMILES string of the molecule is Cl.NCc1ncc(C2CCOC2)cn1. The number of rotatable bonds is 2. The zero-order valence-electron chi connectivity index (χ0n) is 7.85. The first kappa shape index (κ1) is 11.4. The number of nitrogens with two attached hydrogens (primary N) is 1. The lowest BCUT2D eigenvalue weighted by Gasteiger charge is -2.06. The average molecular weight is 216 g/mol. The summed E-state index contributed by atoms with van der Waals surface area (Å²) >= 11 is 0. The van der Waals surface area contributed by atoms with Crippen LogP contribution in [0, 0.1) is 0 Å². The number of aromatic nitrogens is 2. The van der Waals surface area contributed by atoms with Crippen LogP contribution in [0.3, 0.4) is 0 Å². The minimum absolute atomic E-state index is 0. The van der Waals surface area contributed by atoms with Gasteiger partial charge in [-0.05, 0) is 12.0 Å². The van der Waals surface area contributed by atoms with Crippen LogP contribution in [0.4, 0.5) is 0 Å². The van der Waals surface area contributed by atoms with Gasteiger partial charge in [-0.25, -0.2) is 9.97 Å². The second kappa shape index (κ2) is 5.24. The number of halogens is 1. The normalized spacial score (nSPS) is 20.5. The van der Waals surface area contributed by atoms with Crippen LogP contribution in [0.25, 0.3) is 0 Å². The molecule has 78 valence electrons. The zero-order chi connectivity index (χ0) is 9.10. The highest BCUT2D eigenvalue weighted by atomic mass is 35.5. The van der Waals surface area contributed by atoms with Crippen molar-refractivity contribution in [2.45, 2.75) is 18.9 Å². The molecule has 1 saturated heterocycles. The maximum Gasteiger partial charge on any atom is 0.141 e. The van der Waals surface area contributed by atoms with Crippen molar-refractivity contribution in [1.82, 2.24) is 9.97 Å². The Morgan fingerprint density at radius 3 is 2.64 bits per heavy atom. The fourth-order valence-corrected chi connectivity index (χ4v) is 1.48. The van der Waals surface area contributed by atoms with Crippen molar-refractivity contribution in [3.05, 3.63) is 23.8 Å². The van der Waals surface area contributed by atoms with E-state index in [1.807, 2.05) is 12.4 Å². The summed E-state index contributed by atoms with van der Waals surface area (Å²) < 4.78 is 5.29. The third-order valence-corrected chi connectivity index (χ3v) is 2.31. The maximum atomic E-state index is 5.40. The molecule has 4 nitrogen and oxygen atoms in total. The van der Waals surface area contributed by atoms with Crippen molar-refractivity contribution < 1.29 is 4.74 Å². The molecule has 1 aromatic heterocycles. The highest BCUT2D eigenvalue weighted by Crippen LogP contribution is 2.23. The molecule has 0 aliphatic carbocycles. The minimum atomic E-state index is 0. The van der Waals surface area contributed by atoms with Gasteiger partial charge < -0.3 is 10.5 Å². The van der Waals surface area contributed by atoms with Crippen LogP contribution >= 0.6 is 12.4 Å². The quantitative estimate of drug-likeness (QED) is 0.795. The molecule has 1 atom stereocenters. The van der Waals surface area contributed by atoms with Gasteiger partial charge in [-0.2, -0.15) is 0 Å². The van der Waals surface area contributed by atoms with Crippen molar-refractivity contribution >= 4 is 12.4 Å². The first-order valence-corrected chi connectivity index (χ1v) is 4.49. The Labute approximate surface area is 89.3 Å². The largest absolute Gasteiger partial charge is 0.381 e. The predicted molar refractivity (Wildman–Crippen MR) is 55.3 cm³/mol. The minimum Gasteiger partial charge on any atom is -0.381 e. The summed E-state index contributed by atoms with van der Waals surface area (Å²) in [5.41, 5.74) is 6.57. The fourth-order valence-electron chi connectivity index (χ4n) is 1.48. The molecule has 1 unspecified atom stereocenters. The Hall–Kier alpha value is -0.710. The van der Waals surface area contributed by atoms with Crippen LogP contribution in [0.5, 0.6) is 0 Å². The molecular weight excluding hydrogens is 202 g/mol. The van der Waals surface area contributed by atoms with Crippen LogP contribution in [0.2, 0.25) is 0 Å². The van der Waals surface area contributed by atoms with Gasteiger partial charge in [-0.3, -0.25) is 0 Å².